The van der Waals surface area contributed by atoms with Crippen LogP contribution >= 0.6 is 0 Å². The van der Waals surface area contributed by atoms with E-state index in [2.05, 4.69) is 20.0 Å². The predicted octanol–water partition coefficient (Wildman–Crippen LogP) is -1.71. The first-order valence-corrected chi connectivity index (χ1v) is 2.41. The molecule has 0 aliphatic carbocycles. The van der Waals surface area contributed by atoms with Gasteiger partial charge in [0.05, 0.1) is 0 Å². The fourth-order valence-corrected chi connectivity index (χ4v) is 0.534. The molecule has 2 nitrogen and oxygen atoms in total. The van der Waals surface area contributed by atoms with Crippen molar-refractivity contribution in [2.24, 2.45) is 0 Å². The second-order valence-corrected chi connectivity index (χ2v) is 1.65. The van der Waals surface area contributed by atoms with Gasteiger partial charge >= 0.3 is 0 Å². The van der Waals surface area contributed by atoms with Crippen LogP contribution in [0.2, 0.25) is 0 Å². The zero-order chi connectivity index (χ0) is 5.11. The van der Waals surface area contributed by atoms with Crippen molar-refractivity contribution in [3.05, 3.63) is 30.3 Å². The maximum absolute atomic E-state index is 2.08. The van der Waals surface area contributed by atoms with Crippen LogP contribution in [0.3, 0.4) is 0 Å². The van der Waals surface area contributed by atoms with E-state index >= 15 is 0 Å². The molecule has 0 spiro atoms. The van der Waals surface area contributed by atoms with Gasteiger partial charge in [-0.05, 0) is 0 Å². The third kappa shape index (κ3) is 6.26. The molecule has 0 unspecified atom stereocenters. The number of hydrogen-bond acceptors (Lipinski definition) is 0. The summed E-state index contributed by atoms with van der Waals surface area (Å²) in [7, 11) is 2.08. The molecule has 0 amide bonds. The van der Waals surface area contributed by atoms with Crippen LogP contribution in [0, 0.1) is 0 Å². The molecular weight excluding hydrogens is 315 g/mol. The van der Waals surface area contributed by atoms with Crippen LogP contribution in [0.4, 0.5) is 0 Å². The summed E-state index contributed by atoms with van der Waals surface area (Å²) in [6, 6.07) is 10.3. The Kier molecular flexibility index (Phi) is 15.2. The van der Waals surface area contributed by atoms with Gasteiger partial charge in [-0.1, -0.05) is 35.8 Å². The van der Waals surface area contributed by atoms with E-state index in [1.165, 1.54) is 5.46 Å². The number of rotatable bonds is 0. The van der Waals surface area contributed by atoms with Gasteiger partial charge < -0.3 is 11.0 Å². The molecule has 1 aromatic rings. The molecule has 1 aromatic carbocycles. The third-order valence-electron chi connectivity index (χ3n) is 0.940. The molecule has 0 atom stereocenters. The fourth-order valence-electron chi connectivity index (χ4n) is 0.534. The maximum atomic E-state index is 2.08. The molecule has 0 saturated carbocycles. The van der Waals surface area contributed by atoms with Gasteiger partial charge in [-0.2, -0.15) is 0 Å². The van der Waals surface area contributed by atoms with Crippen LogP contribution in [-0.4, -0.2) is 18.8 Å². The Bertz CT molecular complexity index is 146. The first-order chi connectivity index (χ1) is 3.39. The summed E-state index contributed by atoms with van der Waals surface area (Å²) in [4.78, 5) is 0. The average molecular weight is 327 g/mol. The van der Waals surface area contributed by atoms with Gasteiger partial charge in [0.2, 0.25) is 0 Å². The van der Waals surface area contributed by atoms with Gasteiger partial charge in [-0.3, -0.25) is 0 Å². The van der Waals surface area contributed by atoms with E-state index in [1.54, 1.807) is 0 Å². The third-order valence-corrected chi connectivity index (χ3v) is 0.940. The molecule has 0 aromatic heterocycles. The molecular formula is C6H11BHgO2. The van der Waals surface area contributed by atoms with E-state index in [1.807, 2.05) is 18.2 Å². The van der Waals surface area contributed by atoms with E-state index in [0.29, 0.717) is 0 Å². The monoisotopic (exact) mass is 328 g/mol. The van der Waals surface area contributed by atoms with Crippen molar-refractivity contribution in [1.29, 1.82) is 0 Å². The van der Waals surface area contributed by atoms with Gasteiger partial charge in [0.15, 0.2) is 0 Å². The normalized spacial score (nSPS) is 6.00. The van der Waals surface area contributed by atoms with Gasteiger partial charge in [-0.25, -0.2) is 0 Å². The second kappa shape index (κ2) is 9.14. The standard InChI is InChI=1S/C6H7B.Hg.2H2O/c7-6-4-2-1-3-5-6;;;/h1-5H,7H2;;2*1H2. The van der Waals surface area contributed by atoms with Crippen molar-refractivity contribution in [3.63, 3.8) is 0 Å². The quantitative estimate of drug-likeness (QED) is 0.510. The predicted molar refractivity (Wildman–Crippen MR) is 41.8 cm³/mol. The summed E-state index contributed by atoms with van der Waals surface area (Å²) in [6.07, 6.45) is 0. The van der Waals surface area contributed by atoms with E-state index in [9.17, 15) is 0 Å². The largest absolute Gasteiger partial charge is 0.412 e. The molecule has 52 valence electrons. The van der Waals surface area contributed by atoms with Crippen LogP contribution in [0.15, 0.2) is 30.3 Å². The zero-order valence-electron chi connectivity index (χ0n) is 6.09. The summed E-state index contributed by atoms with van der Waals surface area (Å²) < 4.78 is 0. The van der Waals surface area contributed by atoms with Crippen molar-refractivity contribution < 1.29 is 38.6 Å². The Morgan fingerprint density at radius 2 is 1.30 bits per heavy atom. The van der Waals surface area contributed by atoms with Crippen LogP contribution < -0.4 is 5.46 Å². The van der Waals surface area contributed by atoms with E-state index in [0.717, 1.165) is 0 Å². The number of benzene rings is 1. The van der Waals surface area contributed by atoms with Crippen LogP contribution in [-0.2, 0) is 27.7 Å². The molecule has 4 N–H and O–H groups in total. The van der Waals surface area contributed by atoms with Crippen molar-refractivity contribution >= 4 is 13.3 Å². The minimum atomic E-state index is 0. The number of hydrogen-bond donors (Lipinski definition) is 0. The Morgan fingerprint density at radius 3 is 1.50 bits per heavy atom. The van der Waals surface area contributed by atoms with Gasteiger partial charge in [0, 0.05) is 27.7 Å². The Morgan fingerprint density at radius 1 is 0.900 bits per heavy atom. The van der Waals surface area contributed by atoms with E-state index in [4.69, 9.17) is 0 Å². The molecule has 0 fully saturated rings. The van der Waals surface area contributed by atoms with Crippen molar-refractivity contribution in [1.82, 2.24) is 0 Å². The molecule has 0 aliphatic rings. The minimum absolute atomic E-state index is 0. The molecule has 0 radical (unpaired) electrons. The summed E-state index contributed by atoms with van der Waals surface area (Å²) in [5, 5.41) is 0. The van der Waals surface area contributed by atoms with Gasteiger partial charge in [0.1, 0.15) is 7.85 Å². The average Bonchev–Trinajstić information content (AvgIpc) is 1.69. The van der Waals surface area contributed by atoms with Gasteiger partial charge in [0.25, 0.3) is 0 Å². The Balaban J connectivity index is -0.000000163. The molecule has 0 heterocycles. The summed E-state index contributed by atoms with van der Waals surface area (Å²) in [6.45, 7) is 0. The topological polar surface area (TPSA) is 63.0 Å². The van der Waals surface area contributed by atoms with Crippen molar-refractivity contribution in [3.8, 4) is 0 Å². The van der Waals surface area contributed by atoms with Crippen LogP contribution in [0.5, 0.6) is 0 Å². The SMILES string of the molecule is Bc1ccccc1.O.O.[Hg]. The summed E-state index contributed by atoms with van der Waals surface area (Å²) in [5.74, 6) is 0. The van der Waals surface area contributed by atoms with Crippen molar-refractivity contribution in [2.45, 2.75) is 0 Å². The molecule has 10 heavy (non-hydrogen) atoms. The first kappa shape index (κ1) is 16.6. The smallest absolute Gasteiger partial charge is 0.139 e. The van der Waals surface area contributed by atoms with Crippen LogP contribution in [0.25, 0.3) is 0 Å². The summed E-state index contributed by atoms with van der Waals surface area (Å²) in [5.41, 5.74) is 1.32. The Labute approximate surface area is 82.2 Å². The maximum Gasteiger partial charge on any atom is 0.139 e. The molecule has 0 bridgehead atoms. The van der Waals surface area contributed by atoms with E-state index < -0.39 is 0 Å². The summed E-state index contributed by atoms with van der Waals surface area (Å²) >= 11 is 0. The zero-order valence-corrected chi connectivity index (χ0v) is 11.6. The molecule has 0 saturated heterocycles. The second-order valence-electron chi connectivity index (χ2n) is 1.65. The minimum Gasteiger partial charge on any atom is -0.412 e. The Hall–Kier alpha value is 0.140. The van der Waals surface area contributed by atoms with Crippen molar-refractivity contribution in [2.75, 3.05) is 0 Å². The van der Waals surface area contributed by atoms with Crippen LogP contribution in [0.1, 0.15) is 0 Å². The van der Waals surface area contributed by atoms with E-state index in [-0.39, 0.29) is 38.6 Å². The molecule has 1 rings (SSSR count). The van der Waals surface area contributed by atoms with Gasteiger partial charge in [-0.15, -0.1) is 0 Å². The molecule has 0 aliphatic heterocycles. The fraction of sp³-hybridized carbons (Fsp3) is 0. The molecule has 4 heteroatoms. The first-order valence-electron chi connectivity index (χ1n) is 2.41.